The predicted octanol–water partition coefficient (Wildman–Crippen LogP) is 3.10. The van der Waals surface area contributed by atoms with E-state index in [4.69, 9.17) is 4.74 Å². The van der Waals surface area contributed by atoms with E-state index in [1.54, 1.807) is 18.3 Å². The van der Waals surface area contributed by atoms with Crippen LogP contribution in [0.5, 0.6) is 0 Å². The molecule has 0 spiro atoms. The Morgan fingerprint density at radius 1 is 1.57 bits per heavy atom. The summed E-state index contributed by atoms with van der Waals surface area (Å²) >= 11 is 1.62. The second-order valence-corrected chi connectivity index (χ2v) is 7.42. The molecule has 2 aromatic rings. The van der Waals surface area contributed by atoms with E-state index in [1.807, 2.05) is 6.92 Å². The lowest BCUT2D eigenvalue weighted by molar-refractivity contribution is -0.147. The fourth-order valence-corrected chi connectivity index (χ4v) is 4.40. The first-order valence-corrected chi connectivity index (χ1v) is 9.02. The molecule has 3 rings (SSSR count). The molecule has 124 valence electrons. The Morgan fingerprint density at radius 2 is 2.35 bits per heavy atom. The number of nitrogens with zero attached hydrogens (tertiary/aromatic N) is 2. The number of carbonyl (C=O) groups excluding carboxylic acids is 1. The molecule has 2 heterocycles. The maximum atomic E-state index is 12.9. The van der Waals surface area contributed by atoms with Gasteiger partial charge >= 0.3 is 5.97 Å². The largest absolute Gasteiger partial charge is 0.464 e. The maximum absolute atomic E-state index is 12.9. The summed E-state index contributed by atoms with van der Waals surface area (Å²) < 4.78 is 6.57. The van der Waals surface area contributed by atoms with Crippen molar-refractivity contribution >= 4 is 27.5 Å². The number of hydrogen-bond acceptors (Lipinski definition) is 5. The number of aromatic nitrogens is 2. The number of hydrogen-bond donors (Lipinski definition) is 0. The Bertz CT molecular complexity index is 793. The number of rotatable bonds is 4. The van der Waals surface area contributed by atoms with Gasteiger partial charge in [-0.2, -0.15) is 0 Å². The minimum Gasteiger partial charge on any atom is -0.464 e. The van der Waals surface area contributed by atoms with Crippen LogP contribution in [0.3, 0.4) is 0 Å². The van der Waals surface area contributed by atoms with Gasteiger partial charge in [-0.1, -0.05) is 13.8 Å². The third-order valence-electron chi connectivity index (χ3n) is 4.45. The van der Waals surface area contributed by atoms with Gasteiger partial charge < -0.3 is 4.74 Å². The molecular formula is C17H22N2O3S. The van der Waals surface area contributed by atoms with E-state index < -0.39 is 6.04 Å². The zero-order valence-electron chi connectivity index (χ0n) is 13.8. The van der Waals surface area contributed by atoms with E-state index in [9.17, 15) is 9.59 Å². The normalized spacial score (nSPS) is 18.7. The van der Waals surface area contributed by atoms with Crippen LogP contribution in [-0.2, 0) is 22.4 Å². The fraction of sp³-hybridized carbons (Fsp3) is 0.588. The number of thiophene rings is 1. The lowest BCUT2D eigenvalue weighted by Gasteiger charge is -2.18. The molecule has 0 saturated heterocycles. The summed E-state index contributed by atoms with van der Waals surface area (Å²) in [6, 6.07) is -0.649. The first-order chi connectivity index (χ1) is 11.0. The van der Waals surface area contributed by atoms with Gasteiger partial charge in [0.1, 0.15) is 10.9 Å². The van der Waals surface area contributed by atoms with Gasteiger partial charge in [0.2, 0.25) is 0 Å². The first-order valence-electron chi connectivity index (χ1n) is 8.21. The lowest BCUT2D eigenvalue weighted by atomic mass is 9.89. The molecule has 2 unspecified atom stereocenters. The number of aryl methyl sites for hydroxylation is 1. The summed E-state index contributed by atoms with van der Waals surface area (Å²) in [5.74, 6) is 0.272. The first kappa shape index (κ1) is 16.2. The average Bonchev–Trinajstić information content (AvgIpc) is 2.90. The van der Waals surface area contributed by atoms with Crippen molar-refractivity contribution < 1.29 is 9.53 Å². The second kappa shape index (κ2) is 6.43. The van der Waals surface area contributed by atoms with Crippen molar-refractivity contribution in [1.29, 1.82) is 0 Å². The Morgan fingerprint density at radius 3 is 3.09 bits per heavy atom. The molecule has 0 aromatic carbocycles. The molecule has 0 bridgehead atoms. The molecule has 0 fully saturated rings. The maximum Gasteiger partial charge on any atom is 0.328 e. The summed E-state index contributed by atoms with van der Waals surface area (Å²) in [6.45, 7) is 6.24. The van der Waals surface area contributed by atoms with Crippen molar-refractivity contribution in [3.8, 4) is 0 Å². The minimum absolute atomic E-state index is 0.122. The molecule has 0 radical (unpaired) electrons. The van der Waals surface area contributed by atoms with Crippen LogP contribution in [0.2, 0.25) is 0 Å². The Labute approximate surface area is 139 Å². The van der Waals surface area contributed by atoms with E-state index in [0.29, 0.717) is 17.9 Å². The van der Waals surface area contributed by atoms with Gasteiger partial charge in [-0.25, -0.2) is 9.78 Å². The van der Waals surface area contributed by atoms with E-state index in [1.165, 1.54) is 15.8 Å². The summed E-state index contributed by atoms with van der Waals surface area (Å²) in [7, 11) is 0. The van der Waals surface area contributed by atoms with Crippen LogP contribution in [0.1, 0.15) is 50.1 Å². The number of esters is 1. The summed E-state index contributed by atoms with van der Waals surface area (Å²) in [5.41, 5.74) is 1.02. The van der Waals surface area contributed by atoms with Gasteiger partial charge in [-0.05, 0) is 44.1 Å². The SMILES string of the molecule is CCCOC(=O)C(C)n1cnc2sc3c(c2c1=O)CCC(C)C3. The van der Waals surface area contributed by atoms with Crippen molar-refractivity contribution in [2.24, 2.45) is 5.92 Å². The molecule has 5 nitrogen and oxygen atoms in total. The highest BCUT2D eigenvalue weighted by Crippen LogP contribution is 2.35. The molecule has 0 N–H and O–H groups in total. The number of fused-ring (bicyclic) bond motifs is 3. The Kier molecular flexibility index (Phi) is 4.53. The van der Waals surface area contributed by atoms with E-state index in [-0.39, 0.29) is 11.5 Å². The van der Waals surface area contributed by atoms with Crippen LogP contribution in [0, 0.1) is 5.92 Å². The third-order valence-corrected chi connectivity index (χ3v) is 5.61. The Hall–Kier alpha value is -1.69. The van der Waals surface area contributed by atoms with Crippen LogP contribution >= 0.6 is 11.3 Å². The van der Waals surface area contributed by atoms with Crippen LogP contribution in [-0.4, -0.2) is 22.1 Å². The van der Waals surface area contributed by atoms with Crippen molar-refractivity contribution in [2.75, 3.05) is 6.61 Å². The molecule has 0 amide bonds. The van der Waals surface area contributed by atoms with Crippen LogP contribution in [0.15, 0.2) is 11.1 Å². The minimum atomic E-state index is -0.649. The van der Waals surface area contributed by atoms with Crippen molar-refractivity contribution in [1.82, 2.24) is 9.55 Å². The molecule has 1 aliphatic rings. The van der Waals surface area contributed by atoms with Crippen LogP contribution < -0.4 is 5.56 Å². The molecular weight excluding hydrogens is 312 g/mol. The van der Waals surface area contributed by atoms with Gasteiger partial charge in [-0.15, -0.1) is 11.3 Å². The van der Waals surface area contributed by atoms with Crippen LogP contribution in [0.25, 0.3) is 10.2 Å². The van der Waals surface area contributed by atoms with Crippen molar-refractivity contribution in [2.45, 2.75) is 52.5 Å². The van der Waals surface area contributed by atoms with Gasteiger partial charge in [-0.3, -0.25) is 9.36 Å². The van der Waals surface area contributed by atoms with Gasteiger partial charge in [0, 0.05) is 4.88 Å². The summed E-state index contributed by atoms with van der Waals surface area (Å²) in [5, 5.41) is 0.703. The monoisotopic (exact) mass is 334 g/mol. The average molecular weight is 334 g/mol. The van der Waals surface area contributed by atoms with E-state index in [0.717, 1.165) is 36.1 Å². The van der Waals surface area contributed by atoms with Gasteiger partial charge in [0.15, 0.2) is 0 Å². The third kappa shape index (κ3) is 2.92. The highest BCUT2D eigenvalue weighted by atomic mass is 32.1. The number of carbonyl (C=O) groups is 1. The lowest BCUT2D eigenvalue weighted by Crippen LogP contribution is -2.30. The highest BCUT2D eigenvalue weighted by molar-refractivity contribution is 7.18. The highest BCUT2D eigenvalue weighted by Gasteiger charge is 2.25. The van der Waals surface area contributed by atoms with Crippen molar-refractivity contribution in [3.63, 3.8) is 0 Å². The molecule has 23 heavy (non-hydrogen) atoms. The number of ether oxygens (including phenoxy) is 1. The summed E-state index contributed by atoms with van der Waals surface area (Å²) in [6.07, 6.45) is 5.28. The molecule has 6 heteroatoms. The topological polar surface area (TPSA) is 61.2 Å². The summed E-state index contributed by atoms with van der Waals surface area (Å²) in [4.78, 5) is 31.4. The molecule has 2 aromatic heterocycles. The zero-order valence-corrected chi connectivity index (χ0v) is 14.6. The predicted molar refractivity (Wildman–Crippen MR) is 91.0 cm³/mol. The smallest absolute Gasteiger partial charge is 0.328 e. The standard InChI is InChI=1S/C17H22N2O3S/c1-4-7-22-17(21)11(3)19-9-18-15-14(16(19)20)12-6-5-10(2)8-13(12)23-15/h9-11H,4-8H2,1-3H3. The van der Waals surface area contributed by atoms with Gasteiger partial charge in [0.25, 0.3) is 5.56 Å². The fourth-order valence-electron chi connectivity index (χ4n) is 3.06. The molecule has 0 saturated carbocycles. The Balaban J connectivity index is 2.02. The van der Waals surface area contributed by atoms with Crippen LogP contribution in [0.4, 0.5) is 0 Å². The van der Waals surface area contributed by atoms with E-state index >= 15 is 0 Å². The second-order valence-electron chi connectivity index (χ2n) is 6.33. The zero-order chi connectivity index (χ0) is 16.6. The quantitative estimate of drug-likeness (QED) is 0.806. The molecule has 0 aliphatic heterocycles. The van der Waals surface area contributed by atoms with E-state index in [2.05, 4.69) is 11.9 Å². The molecule has 2 atom stereocenters. The van der Waals surface area contributed by atoms with Gasteiger partial charge in [0.05, 0.1) is 18.3 Å². The van der Waals surface area contributed by atoms with Crippen molar-refractivity contribution in [3.05, 3.63) is 27.1 Å². The molecule has 1 aliphatic carbocycles.